The van der Waals surface area contributed by atoms with Gasteiger partial charge < -0.3 is 9.47 Å². The van der Waals surface area contributed by atoms with E-state index in [2.05, 4.69) is 16.0 Å². The summed E-state index contributed by atoms with van der Waals surface area (Å²) in [6.45, 7) is 2.01. The number of aryl methyl sites for hydroxylation is 1. The lowest BCUT2D eigenvalue weighted by Gasteiger charge is -2.10. The molecule has 0 fully saturated rings. The number of methoxy groups -OCH3 is 1. The summed E-state index contributed by atoms with van der Waals surface area (Å²) in [4.78, 5) is 10.4. The fourth-order valence-corrected chi connectivity index (χ4v) is 2.80. The summed E-state index contributed by atoms with van der Waals surface area (Å²) >= 11 is 1.59. The van der Waals surface area contributed by atoms with Gasteiger partial charge in [-0.05, 0) is 25.1 Å². The lowest BCUT2D eigenvalue weighted by atomic mass is 10.2. The largest absolute Gasteiger partial charge is 0.493 e. The third-order valence-electron chi connectivity index (χ3n) is 2.92. The number of fused-ring (bicyclic) bond motifs is 1. The molecule has 21 heavy (non-hydrogen) atoms. The first-order valence-corrected chi connectivity index (χ1v) is 7.00. The lowest BCUT2D eigenvalue weighted by molar-refractivity contribution is 0.375. The van der Waals surface area contributed by atoms with E-state index < -0.39 is 0 Å². The Morgan fingerprint density at radius 3 is 2.81 bits per heavy atom. The van der Waals surface area contributed by atoms with Crippen molar-refractivity contribution < 1.29 is 9.47 Å². The fourth-order valence-electron chi connectivity index (χ4n) is 1.96. The fraction of sp³-hybridized carbons (Fsp3) is 0.133. The molecule has 0 radical (unpaired) electrons. The third-order valence-corrected chi connectivity index (χ3v) is 3.87. The average molecular weight is 297 g/mol. The minimum absolute atomic E-state index is 0.479. The zero-order chi connectivity index (χ0) is 14.8. The number of rotatable bonds is 3. The van der Waals surface area contributed by atoms with Crippen LogP contribution in [0.1, 0.15) is 10.4 Å². The Bertz CT molecular complexity index is 852. The van der Waals surface area contributed by atoms with E-state index in [1.54, 1.807) is 29.5 Å². The van der Waals surface area contributed by atoms with Crippen molar-refractivity contribution in [3.8, 4) is 23.4 Å². The Morgan fingerprint density at radius 1 is 1.19 bits per heavy atom. The maximum Gasteiger partial charge on any atom is 0.231 e. The molecule has 6 heteroatoms. The van der Waals surface area contributed by atoms with Crippen LogP contribution in [0.4, 0.5) is 0 Å². The molecule has 0 bridgehead atoms. The molecule has 0 aliphatic rings. The first-order chi connectivity index (χ1) is 10.2. The molecule has 2 heterocycles. The summed E-state index contributed by atoms with van der Waals surface area (Å²) in [5.74, 6) is 1.49. The van der Waals surface area contributed by atoms with Gasteiger partial charge in [0.25, 0.3) is 0 Å². The summed E-state index contributed by atoms with van der Waals surface area (Å²) < 4.78 is 11.1. The van der Waals surface area contributed by atoms with Gasteiger partial charge in [0.1, 0.15) is 11.2 Å². The van der Waals surface area contributed by atoms with Gasteiger partial charge in [-0.25, -0.2) is 9.97 Å². The number of ether oxygens (including phenoxy) is 2. The Balaban J connectivity index is 2.04. The number of thiophene rings is 1. The van der Waals surface area contributed by atoms with E-state index in [1.807, 2.05) is 13.0 Å². The van der Waals surface area contributed by atoms with Crippen LogP contribution in [0.25, 0.3) is 10.2 Å². The van der Waals surface area contributed by atoms with Crippen molar-refractivity contribution >= 4 is 21.6 Å². The van der Waals surface area contributed by atoms with Crippen LogP contribution in [0, 0.1) is 18.3 Å². The van der Waals surface area contributed by atoms with E-state index in [9.17, 15) is 0 Å². The quantitative estimate of drug-likeness (QED) is 0.737. The highest BCUT2D eigenvalue weighted by Gasteiger charge is 2.12. The van der Waals surface area contributed by atoms with E-state index in [4.69, 9.17) is 14.7 Å². The minimum atomic E-state index is 0.479. The molecule has 0 amide bonds. The van der Waals surface area contributed by atoms with Gasteiger partial charge in [-0.3, -0.25) is 0 Å². The highest BCUT2D eigenvalue weighted by Crippen LogP contribution is 2.35. The van der Waals surface area contributed by atoms with Crippen LogP contribution in [0.3, 0.4) is 0 Å². The van der Waals surface area contributed by atoms with Gasteiger partial charge in [0.2, 0.25) is 5.88 Å². The van der Waals surface area contributed by atoms with Gasteiger partial charge in [-0.1, -0.05) is 0 Å². The Kier molecular flexibility index (Phi) is 3.42. The van der Waals surface area contributed by atoms with E-state index in [0.29, 0.717) is 22.9 Å². The second kappa shape index (κ2) is 5.38. The number of nitriles is 1. The SMILES string of the molecule is COc1cc(C#N)ccc1Oc1ncnc2sc(C)cc12. The summed E-state index contributed by atoms with van der Waals surface area (Å²) in [5, 5.41) is 9.78. The summed E-state index contributed by atoms with van der Waals surface area (Å²) in [6, 6.07) is 9.06. The topological polar surface area (TPSA) is 68.0 Å². The smallest absolute Gasteiger partial charge is 0.231 e. The van der Waals surface area contributed by atoms with Gasteiger partial charge in [0, 0.05) is 10.9 Å². The first-order valence-electron chi connectivity index (χ1n) is 6.18. The van der Waals surface area contributed by atoms with Gasteiger partial charge in [-0.15, -0.1) is 11.3 Å². The number of aromatic nitrogens is 2. The monoisotopic (exact) mass is 297 g/mol. The van der Waals surface area contributed by atoms with E-state index in [0.717, 1.165) is 15.1 Å². The van der Waals surface area contributed by atoms with Crippen LogP contribution in [-0.4, -0.2) is 17.1 Å². The van der Waals surface area contributed by atoms with Crippen LogP contribution in [0.2, 0.25) is 0 Å². The molecule has 0 N–H and O–H groups in total. The zero-order valence-electron chi connectivity index (χ0n) is 11.5. The van der Waals surface area contributed by atoms with Crippen molar-refractivity contribution in [1.29, 1.82) is 5.26 Å². The summed E-state index contributed by atoms with van der Waals surface area (Å²) in [6.07, 6.45) is 1.48. The molecule has 3 aromatic rings. The normalized spacial score (nSPS) is 10.3. The number of nitrogens with zero attached hydrogens (tertiary/aromatic N) is 3. The molecule has 5 nitrogen and oxygen atoms in total. The molecule has 104 valence electrons. The summed E-state index contributed by atoms with van der Waals surface area (Å²) in [7, 11) is 1.54. The Morgan fingerprint density at radius 2 is 2.05 bits per heavy atom. The van der Waals surface area contributed by atoms with E-state index in [1.165, 1.54) is 13.4 Å². The minimum Gasteiger partial charge on any atom is -0.493 e. The van der Waals surface area contributed by atoms with Gasteiger partial charge in [0.05, 0.1) is 24.1 Å². The Hall–Kier alpha value is -2.65. The van der Waals surface area contributed by atoms with E-state index >= 15 is 0 Å². The Labute approximate surface area is 125 Å². The molecule has 0 atom stereocenters. The number of benzene rings is 1. The van der Waals surface area contributed by atoms with E-state index in [-0.39, 0.29) is 0 Å². The molecule has 0 unspecified atom stereocenters. The van der Waals surface area contributed by atoms with Crippen molar-refractivity contribution in [3.63, 3.8) is 0 Å². The van der Waals surface area contributed by atoms with Gasteiger partial charge in [-0.2, -0.15) is 5.26 Å². The van der Waals surface area contributed by atoms with Crippen molar-refractivity contribution in [2.45, 2.75) is 6.92 Å². The number of hydrogen-bond acceptors (Lipinski definition) is 6. The van der Waals surface area contributed by atoms with Crippen molar-refractivity contribution in [1.82, 2.24) is 9.97 Å². The molecular formula is C15H11N3O2S. The van der Waals surface area contributed by atoms with Gasteiger partial charge in [0.15, 0.2) is 11.5 Å². The van der Waals surface area contributed by atoms with Crippen molar-refractivity contribution in [2.75, 3.05) is 7.11 Å². The molecule has 0 saturated heterocycles. The lowest BCUT2D eigenvalue weighted by Crippen LogP contribution is -1.93. The van der Waals surface area contributed by atoms with Crippen LogP contribution < -0.4 is 9.47 Å². The maximum absolute atomic E-state index is 8.92. The molecule has 2 aromatic heterocycles. The maximum atomic E-state index is 8.92. The molecular weight excluding hydrogens is 286 g/mol. The van der Waals surface area contributed by atoms with Crippen LogP contribution in [-0.2, 0) is 0 Å². The second-order valence-electron chi connectivity index (χ2n) is 4.33. The molecule has 3 rings (SSSR count). The molecule has 1 aromatic carbocycles. The highest BCUT2D eigenvalue weighted by molar-refractivity contribution is 7.18. The third kappa shape index (κ3) is 2.51. The second-order valence-corrected chi connectivity index (χ2v) is 5.57. The zero-order valence-corrected chi connectivity index (χ0v) is 12.3. The predicted molar refractivity (Wildman–Crippen MR) is 79.9 cm³/mol. The molecule has 0 saturated carbocycles. The molecule has 0 aliphatic heterocycles. The molecule has 0 aliphatic carbocycles. The number of hydrogen-bond donors (Lipinski definition) is 0. The average Bonchev–Trinajstić information content (AvgIpc) is 2.89. The highest BCUT2D eigenvalue weighted by atomic mass is 32.1. The van der Waals surface area contributed by atoms with Crippen LogP contribution >= 0.6 is 11.3 Å². The molecule has 0 spiro atoms. The first kappa shape index (κ1) is 13.3. The van der Waals surface area contributed by atoms with Crippen molar-refractivity contribution in [2.24, 2.45) is 0 Å². The van der Waals surface area contributed by atoms with Crippen LogP contribution in [0.5, 0.6) is 17.4 Å². The standard InChI is InChI=1S/C15H11N3O2S/c1-9-5-11-14(17-8-18-15(11)21-9)20-12-4-3-10(7-16)6-13(12)19-2/h3-6,8H,1-2H3. The van der Waals surface area contributed by atoms with Crippen molar-refractivity contribution in [3.05, 3.63) is 41.0 Å². The summed E-state index contributed by atoms with van der Waals surface area (Å²) in [5.41, 5.74) is 0.512. The predicted octanol–water partition coefficient (Wildman–Crippen LogP) is 3.67. The van der Waals surface area contributed by atoms with Gasteiger partial charge >= 0.3 is 0 Å². The van der Waals surface area contributed by atoms with Crippen LogP contribution in [0.15, 0.2) is 30.6 Å².